The Balaban J connectivity index is 4.42. The molecule has 2 N–H and O–H groups in total. The molecule has 11 heteroatoms. The number of rotatable bonds is 15. The molecule has 3 atom stereocenters. The molecule has 0 aliphatic carbocycles. The Hall–Kier alpha value is -2.11. The Morgan fingerprint density at radius 2 is 1.19 bits per heavy atom. The molecule has 0 bridgehead atoms. The second kappa shape index (κ2) is 16.0. The van der Waals surface area contributed by atoms with Gasteiger partial charge in [-0.05, 0) is 75.2 Å². The summed E-state index contributed by atoms with van der Waals surface area (Å²) in [6.45, 7) is 20.0. The van der Waals surface area contributed by atoms with Gasteiger partial charge in [-0.2, -0.15) is 4.89 Å². The van der Waals surface area contributed by atoms with Crippen LogP contribution in [0.4, 0.5) is 9.59 Å². The van der Waals surface area contributed by atoms with E-state index in [0.29, 0.717) is 12.8 Å². The lowest BCUT2D eigenvalue weighted by Crippen LogP contribution is -2.45. The average molecular weight is 535 g/mol. The molecule has 0 saturated carbocycles. The molecule has 0 aliphatic rings. The van der Waals surface area contributed by atoms with Crippen LogP contribution >= 0.6 is 0 Å². The van der Waals surface area contributed by atoms with Crippen molar-refractivity contribution in [2.45, 2.75) is 144 Å². The quantitative estimate of drug-likeness (QED) is 0.194. The first-order valence-electron chi connectivity index (χ1n) is 13.1. The molecule has 0 spiro atoms. The van der Waals surface area contributed by atoms with Gasteiger partial charge in [0.05, 0.1) is 11.5 Å². The van der Waals surface area contributed by atoms with Crippen LogP contribution in [0, 0.1) is 5.92 Å². The second-order valence-corrected chi connectivity index (χ2v) is 11.6. The second-order valence-electron chi connectivity index (χ2n) is 11.6. The number of carbonyl (C=O) groups is 3. The summed E-state index contributed by atoms with van der Waals surface area (Å²) in [6, 6.07) is 0. The van der Waals surface area contributed by atoms with Gasteiger partial charge >= 0.3 is 18.2 Å². The third-order valence-electron chi connectivity index (χ3n) is 5.04. The number of hydrogen-bond acceptors (Lipinski definition) is 9. The summed E-state index contributed by atoms with van der Waals surface area (Å²) < 4.78 is 10.5. The largest absolute Gasteiger partial charge is 0.445 e. The molecule has 0 fully saturated rings. The Morgan fingerprint density at radius 1 is 0.730 bits per heavy atom. The van der Waals surface area contributed by atoms with Gasteiger partial charge in [0.25, 0.3) is 0 Å². The van der Waals surface area contributed by atoms with Gasteiger partial charge < -0.3 is 9.47 Å². The minimum atomic E-state index is -0.897. The third kappa shape index (κ3) is 17.9. The standard InChI is InChI=1S/C26H50N2O9/c1-12-14-15-20(13-2)21(29)34-36-25(8,9)16-18(3)32-22(30)27-28-23(31)33-19(4)17-26(10,11)37-35-24(5,6)7/h18-20H,12-17H2,1-11H3,(H,27,30)(H,28,31). The number of amides is 2. The van der Waals surface area contributed by atoms with E-state index >= 15 is 0 Å². The van der Waals surface area contributed by atoms with Crippen molar-refractivity contribution < 1.29 is 43.4 Å². The smallest absolute Gasteiger partial charge is 0.426 e. The van der Waals surface area contributed by atoms with E-state index < -0.39 is 47.2 Å². The lowest BCUT2D eigenvalue weighted by atomic mass is 10.00. The molecule has 0 heterocycles. The zero-order chi connectivity index (χ0) is 28.9. The number of hydrazine groups is 1. The average Bonchev–Trinajstić information content (AvgIpc) is 2.74. The Labute approximate surface area is 222 Å². The zero-order valence-corrected chi connectivity index (χ0v) is 24.6. The van der Waals surface area contributed by atoms with Crippen molar-refractivity contribution in [1.29, 1.82) is 0 Å². The van der Waals surface area contributed by atoms with E-state index in [9.17, 15) is 14.4 Å². The molecule has 11 nitrogen and oxygen atoms in total. The Bertz CT molecular complexity index is 705. The topological polar surface area (TPSA) is 131 Å². The summed E-state index contributed by atoms with van der Waals surface area (Å²) in [6.07, 6.45) is 1.11. The van der Waals surface area contributed by atoms with E-state index in [-0.39, 0.29) is 12.3 Å². The third-order valence-corrected chi connectivity index (χ3v) is 5.04. The lowest BCUT2D eigenvalue weighted by Gasteiger charge is -2.30. The van der Waals surface area contributed by atoms with E-state index in [1.54, 1.807) is 27.7 Å². The van der Waals surface area contributed by atoms with Gasteiger partial charge in [-0.1, -0.05) is 26.7 Å². The van der Waals surface area contributed by atoms with Gasteiger partial charge in [0.2, 0.25) is 0 Å². The SMILES string of the molecule is CCCCC(CC)C(=O)OOC(C)(C)CC(C)OC(=O)NNC(=O)OC(C)CC(C)(C)OOC(C)(C)C. The fourth-order valence-electron chi connectivity index (χ4n) is 3.46. The molecule has 0 aromatic rings. The fraction of sp³-hybridized carbons (Fsp3) is 0.885. The van der Waals surface area contributed by atoms with Crippen LogP contribution in [0.25, 0.3) is 0 Å². The molecule has 0 aromatic heterocycles. The highest BCUT2D eigenvalue weighted by Gasteiger charge is 2.30. The van der Waals surface area contributed by atoms with Crippen molar-refractivity contribution in [2.24, 2.45) is 5.92 Å². The summed E-state index contributed by atoms with van der Waals surface area (Å²) in [5.41, 5.74) is 2.20. The highest BCUT2D eigenvalue weighted by Crippen LogP contribution is 2.23. The lowest BCUT2D eigenvalue weighted by molar-refractivity contribution is -0.399. The number of unbranched alkanes of at least 4 members (excludes halogenated alkanes) is 1. The van der Waals surface area contributed by atoms with Crippen LogP contribution in [0.1, 0.15) is 115 Å². The first-order valence-corrected chi connectivity index (χ1v) is 13.1. The zero-order valence-electron chi connectivity index (χ0n) is 24.6. The van der Waals surface area contributed by atoms with Crippen LogP contribution in [0.2, 0.25) is 0 Å². The molecule has 37 heavy (non-hydrogen) atoms. The predicted octanol–water partition coefficient (Wildman–Crippen LogP) is 5.91. The summed E-state index contributed by atoms with van der Waals surface area (Å²) in [5.74, 6) is -0.608. The van der Waals surface area contributed by atoms with Crippen molar-refractivity contribution in [3.05, 3.63) is 0 Å². The number of ether oxygens (including phenoxy) is 2. The van der Waals surface area contributed by atoms with Crippen molar-refractivity contribution in [3.63, 3.8) is 0 Å². The molecular weight excluding hydrogens is 484 g/mol. The fourth-order valence-corrected chi connectivity index (χ4v) is 3.46. The van der Waals surface area contributed by atoms with Gasteiger partial charge in [0, 0.05) is 12.8 Å². The summed E-state index contributed by atoms with van der Waals surface area (Å²) >= 11 is 0. The maximum Gasteiger partial charge on any atom is 0.426 e. The van der Waals surface area contributed by atoms with E-state index in [0.717, 1.165) is 19.3 Å². The molecular formula is C26H50N2O9. The molecule has 0 radical (unpaired) electrons. The molecule has 218 valence electrons. The van der Waals surface area contributed by atoms with Crippen LogP contribution in [-0.2, 0) is 33.8 Å². The van der Waals surface area contributed by atoms with E-state index in [1.807, 2.05) is 41.5 Å². The van der Waals surface area contributed by atoms with E-state index in [1.165, 1.54) is 0 Å². The van der Waals surface area contributed by atoms with Crippen LogP contribution in [-0.4, -0.2) is 47.2 Å². The minimum Gasteiger partial charge on any atom is -0.445 e. The van der Waals surface area contributed by atoms with Crippen molar-refractivity contribution in [3.8, 4) is 0 Å². The van der Waals surface area contributed by atoms with Crippen molar-refractivity contribution in [1.82, 2.24) is 10.9 Å². The number of hydrogen-bond donors (Lipinski definition) is 2. The normalized spacial score (nSPS) is 14.8. The Morgan fingerprint density at radius 3 is 1.59 bits per heavy atom. The minimum absolute atomic E-state index is 0.209. The van der Waals surface area contributed by atoms with E-state index in [4.69, 9.17) is 29.0 Å². The molecule has 2 amide bonds. The molecule has 0 saturated heterocycles. The highest BCUT2D eigenvalue weighted by molar-refractivity contribution is 5.73. The summed E-state index contributed by atoms with van der Waals surface area (Å²) in [5, 5.41) is 0. The van der Waals surface area contributed by atoms with Crippen molar-refractivity contribution in [2.75, 3.05) is 0 Å². The predicted molar refractivity (Wildman–Crippen MR) is 138 cm³/mol. The maximum absolute atomic E-state index is 12.3. The monoisotopic (exact) mass is 534 g/mol. The van der Waals surface area contributed by atoms with Gasteiger partial charge in [-0.15, -0.1) is 0 Å². The van der Waals surface area contributed by atoms with Crippen LogP contribution < -0.4 is 10.9 Å². The first-order chi connectivity index (χ1) is 16.9. The molecule has 0 aliphatic heterocycles. The molecule has 0 aromatic carbocycles. The molecule has 3 unspecified atom stereocenters. The molecule has 0 rings (SSSR count). The van der Waals surface area contributed by atoms with Gasteiger partial charge in [-0.3, -0.25) is 4.89 Å². The van der Waals surface area contributed by atoms with Gasteiger partial charge in [0.1, 0.15) is 23.4 Å². The first kappa shape index (κ1) is 34.9. The summed E-state index contributed by atoms with van der Waals surface area (Å²) in [4.78, 5) is 57.6. The van der Waals surface area contributed by atoms with Crippen LogP contribution in [0.3, 0.4) is 0 Å². The van der Waals surface area contributed by atoms with Gasteiger partial charge in [0.15, 0.2) is 0 Å². The van der Waals surface area contributed by atoms with Crippen LogP contribution in [0.5, 0.6) is 0 Å². The Kier molecular flexibility index (Phi) is 15.1. The van der Waals surface area contributed by atoms with Crippen LogP contribution in [0.15, 0.2) is 0 Å². The maximum atomic E-state index is 12.3. The van der Waals surface area contributed by atoms with Gasteiger partial charge in [-0.25, -0.2) is 35.0 Å². The van der Waals surface area contributed by atoms with E-state index in [2.05, 4.69) is 17.8 Å². The summed E-state index contributed by atoms with van der Waals surface area (Å²) in [7, 11) is 0. The number of carbonyl (C=O) groups excluding carboxylic acids is 3. The number of nitrogens with one attached hydrogen (secondary N) is 2. The van der Waals surface area contributed by atoms with Crippen molar-refractivity contribution >= 4 is 18.2 Å². The highest BCUT2D eigenvalue weighted by atomic mass is 17.2.